The Morgan fingerprint density at radius 3 is 2.78 bits per heavy atom. The van der Waals surface area contributed by atoms with Crippen molar-refractivity contribution in [3.05, 3.63) is 36.4 Å². The fourth-order valence-corrected chi connectivity index (χ4v) is 3.38. The molecule has 2 aromatic carbocycles. The lowest BCUT2D eigenvalue weighted by molar-refractivity contribution is 0.313. The molecule has 0 bridgehead atoms. The van der Waals surface area contributed by atoms with Gasteiger partial charge in [0.1, 0.15) is 23.9 Å². The number of phenolic OH excluding ortho intramolecular Hbond substituents is 1. The summed E-state index contributed by atoms with van der Waals surface area (Å²) in [5.74, 6) is 1.86. The number of nitrogens with zero attached hydrogens (tertiary/aromatic N) is 2. The van der Waals surface area contributed by atoms with E-state index in [2.05, 4.69) is 11.0 Å². The second kappa shape index (κ2) is 6.60. The molecule has 0 saturated heterocycles. The first-order chi connectivity index (χ1) is 11.1. The zero-order valence-electron chi connectivity index (χ0n) is 13.4. The van der Waals surface area contributed by atoms with Crippen molar-refractivity contribution >= 4 is 23.3 Å². The van der Waals surface area contributed by atoms with Crippen LogP contribution < -0.4 is 14.4 Å². The van der Waals surface area contributed by atoms with Crippen molar-refractivity contribution < 1.29 is 14.6 Å². The first kappa shape index (κ1) is 15.8. The van der Waals surface area contributed by atoms with E-state index in [0.29, 0.717) is 6.61 Å². The summed E-state index contributed by atoms with van der Waals surface area (Å²) in [5.41, 5.74) is 1.92. The van der Waals surface area contributed by atoms with E-state index in [1.165, 1.54) is 0 Å². The van der Waals surface area contributed by atoms with Gasteiger partial charge in [0.05, 0.1) is 24.2 Å². The fraction of sp³-hybridized carbons (Fsp3) is 0.294. The molecule has 122 valence electrons. The minimum Gasteiger partial charge on any atom is -0.508 e. The molecular formula is C17H20N2O3S. The number of fused-ring (bicyclic) bond motifs is 1. The van der Waals surface area contributed by atoms with Gasteiger partial charge in [-0.1, -0.05) is 0 Å². The lowest BCUT2D eigenvalue weighted by atomic mass is 10.2. The Bertz CT molecular complexity index is 706. The van der Waals surface area contributed by atoms with E-state index in [-0.39, 0.29) is 5.75 Å². The van der Waals surface area contributed by atoms with E-state index in [0.717, 1.165) is 34.3 Å². The zero-order chi connectivity index (χ0) is 16.4. The van der Waals surface area contributed by atoms with Crippen LogP contribution in [-0.2, 0) is 0 Å². The van der Waals surface area contributed by atoms with Gasteiger partial charge in [0.15, 0.2) is 0 Å². The zero-order valence-corrected chi connectivity index (χ0v) is 14.3. The highest BCUT2D eigenvalue weighted by Gasteiger charge is 2.21. The van der Waals surface area contributed by atoms with E-state index in [1.807, 2.05) is 30.5 Å². The normalized spacial score (nSPS) is 13.7. The Morgan fingerprint density at radius 2 is 2.04 bits per heavy atom. The Labute approximate surface area is 140 Å². The van der Waals surface area contributed by atoms with E-state index in [4.69, 9.17) is 9.47 Å². The van der Waals surface area contributed by atoms with Crippen LogP contribution in [0.3, 0.4) is 0 Å². The predicted octanol–water partition coefficient (Wildman–Crippen LogP) is 3.50. The number of rotatable bonds is 4. The molecule has 0 aliphatic carbocycles. The molecule has 0 spiro atoms. The van der Waals surface area contributed by atoms with Crippen LogP contribution in [0.5, 0.6) is 17.2 Å². The average Bonchev–Trinajstić information content (AvgIpc) is 2.53. The van der Waals surface area contributed by atoms with Crippen LogP contribution in [0.15, 0.2) is 41.3 Å². The standard InChI is InChI=1S/C17H20N2O3S/c1-18(2)23-17-10-12(4-6-16(17)21-3)19-8-9-22-15-7-5-13(20)11-14(15)19/h4-7,10-11,20H,8-9H2,1-3H3. The topological polar surface area (TPSA) is 45.2 Å². The van der Waals surface area contributed by atoms with Crippen LogP contribution in [0.2, 0.25) is 0 Å². The van der Waals surface area contributed by atoms with Crippen molar-refractivity contribution in [3.63, 3.8) is 0 Å². The molecule has 1 aliphatic rings. The third-order valence-corrected chi connectivity index (χ3v) is 4.43. The number of hydrogen-bond donors (Lipinski definition) is 1. The maximum atomic E-state index is 9.80. The molecule has 0 amide bonds. The minimum absolute atomic E-state index is 0.232. The van der Waals surface area contributed by atoms with Crippen LogP contribution in [0, 0.1) is 0 Å². The van der Waals surface area contributed by atoms with Crippen LogP contribution in [0.4, 0.5) is 11.4 Å². The number of hydrogen-bond acceptors (Lipinski definition) is 6. The molecular weight excluding hydrogens is 312 g/mol. The second-order valence-corrected chi connectivity index (χ2v) is 6.74. The summed E-state index contributed by atoms with van der Waals surface area (Å²) in [6.07, 6.45) is 0. The van der Waals surface area contributed by atoms with Crippen LogP contribution in [0.25, 0.3) is 0 Å². The first-order valence-electron chi connectivity index (χ1n) is 7.35. The predicted molar refractivity (Wildman–Crippen MR) is 93.1 cm³/mol. The van der Waals surface area contributed by atoms with E-state index >= 15 is 0 Å². The smallest absolute Gasteiger partial charge is 0.143 e. The summed E-state index contributed by atoms with van der Waals surface area (Å²) in [5, 5.41) is 9.80. The number of aromatic hydroxyl groups is 1. The molecule has 0 unspecified atom stereocenters. The number of methoxy groups -OCH3 is 1. The first-order valence-corrected chi connectivity index (χ1v) is 8.12. The molecule has 3 rings (SSSR count). The maximum absolute atomic E-state index is 9.80. The van der Waals surface area contributed by atoms with E-state index in [1.54, 1.807) is 37.3 Å². The van der Waals surface area contributed by atoms with Crippen LogP contribution in [-0.4, -0.2) is 43.8 Å². The molecule has 23 heavy (non-hydrogen) atoms. The van der Waals surface area contributed by atoms with E-state index < -0.39 is 0 Å². The molecule has 6 heteroatoms. The Kier molecular flexibility index (Phi) is 4.54. The molecule has 0 atom stereocenters. The highest BCUT2D eigenvalue weighted by atomic mass is 32.2. The molecule has 1 heterocycles. The minimum atomic E-state index is 0.232. The van der Waals surface area contributed by atoms with Crippen molar-refractivity contribution in [2.45, 2.75) is 4.90 Å². The lowest BCUT2D eigenvalue weighted by Gasteiger charge is -2.31. The Hall–Kier alpha value is -2.05. The molecule has 5 nitrogen and oxygen atoms in total. The quantitative estimate of drug-likeness (QED) is 0.865. The second-order valence-electron chi connectivity index (χ2n) is 5.39. The summed E-state index contributed by atoms with van der Waals surface area (Å²) in [6.45, 7) is 1.34. The summed E-state index contributed by atoms with van der Waals surface area (Å²) in [7, 11) is 5.68. The van der Waals surface area contributed by atoms with E-state index in [9.17, 15) is 5.11 Å². The number of benzene rings is 2. The van der Waals surface area contributed by atoms with Gasteiger partial charge in [-0.25, -0.2) is 0 Å². The van der Waals surface area contributed by atoms with Gasteiger partial charge in [0, 0.05) is 11.8 Å². The third-order valence-electron chi connectivity index (χ3n) is 3.55. The molecule has 1 aliphatic heterocycles. The van der Waals surface area contributed by atoms with Gasteiger partial charge in [-0.15, -0.1) is 0 Å². The van der Waals surface area contributed by atoms with Crippen molar-refractivity contribution in [2.24, 2.45) is 0 Å². The van der Waals surface area contributed by atoms with Gasteiger partial charge >= 0.3 is 0 Å². The van der Waals surface area contributed by atoms with Gasteiger partial charge in [0.25, 0.3) is 0 Å². The average molecular weight is 332 g/mol. The summed E-state index contributed by atoms with van der Waals surface area (Å²) < 4.78 is 13.2. The van der Waals surface area contributed by atoms with Crippen LogP contribution >= 0.6 is 11.9 Å². The lowest BCUT2D eigenvalue weighted by Crippen LogP contribution is -2.28. The van der Waals surface area contributed by atoms with Gasteiger partial charge in [0.2, 0.25) is 0 Å². The summed E-state index contributed by atoms with van der Waals surface area (Å²) >= 11 is 1.61. The molecule has 0 fully saturated rings. The SMILES string of the molecule is COc1ccc(N2CCOc3ccc(O)cc32)cc1SN(C)C. The maximum Gasteiger partial charge on any atom is 0.143 e. The van der Waals surface area contributed by atoms with Crippen molar-refractivity contribution in [3.8, 4) is 17.2 Å². The molecule has 0 radical (unpaired) electrons. The van der Waals surface area contributed by atoms with Crippen LogP contribution in [0.1, 0.15) is 0 Å². The van der Waals surface area contributed by atoms with Crippen molar-refractivity contribution in [1.29, 1.82) is 0 Å². The van der Waals surface area contributed by atoms with Crippen molar-refractivity contribution in [2.75, 3.05) is 39.3 Å². The molecule has 0 aromatic heterocycles. The summed E-state index contributed by atoms with van der Waals surface area (Å²) in [4.78, 5) is 3.20. The van der Waals surface area contributed by atoms with Gasteiger partial charge in [-0.3, -0.25) is 4.31 Å². The highest BCUT2D eigenvalue weighted by Crippen LogP contribution is 2.41. The Morgan fingerprint density at radius 1 is 1.22 bits per heavy atom. The summed E-state index contributed by atoms with van der Waals surface area (Å²) in [6, 6.07) is 11.3. The molecule has 1 N–H and O–H groups in total. The largest absolute Gasteiger partial charge is 0.508 e. The van der Waals surface area contributed by atoms with Gasteiger partial charge in [-0.2, -0.15) is 0 Å². The van der Waals surface area contributed by atoms with Crippen molar-refractivity contribution in [1.82, 2.24) is 4.31 Å². The monoisotopic (exact) mass is 332 g/mol. The number of anilines is 2. The molecule has 0 saturated carbocycles. The number of ether oxygens (including phenoxy) is 2. The number of phenols is 1. The van der Waals surface area contributed by atoms with Gasteiger partial charge < -0.3 is 19.5 Å². The molecule has 2 aromatic rings. The fourth-order valence-electron chi connectivity index (χ4n) is 2.58. The third kappa shape index (κ3) is 3.33. The highest BCUT2D eigenvalue weighted by molar-refractivity contribution is 7.97. The Balaban J connectivity index is 2.01. The van der Waals surface area contributed by atoms with Gasteiger partial charge in [-0.05, 0) is 56.4 Å².